The summed E-state index contributed by atoms with van der Waals surface area (Å²) in [6.07, 6.45) is 8.59. The Morgan fingerprint density at radius 2 is 1.68 bits per heavy atom. The maximum absolute atomic E-state index is 14.3. The van der Waals surface area contributed by atoms with Crippen LogP contribution in [0.3, 0.4) is 0 Å². The highest BCUT2D eigenvalue weighted by Gasteiger charge is 2.34. The zero-order valence-electron chi connectivity index (χ0n) is 22.3. The minimum Gasteiger partial charge on any atom is -0.469 e. The first-order chi connectivity index (χ1) is 19.2. The molecular weight excluding hydrogens is 579 g/mol. The summed E-state index contributed by atoms with van der Waals surface area (Å²) in [6.45, 7) is -0.0566. The highest BCUT2D eigenvalue weighted by atomic mass is 35.5. The van der Waals surface area contributed by atoms with E-state index in [1.54, 1.807) is 6.07 Å². The van der Waals surface area contributed by atoms with E-state index in [1.165, 1.54) is 31.5 Å². The van der Waals surface area contributed by atoms with Crippen LogP contribution in [-0.2, 0) is 41.6 Å². The topological polar surface area (TPSA) is 112 Å². The maximum atomic E-state index is 14.3. The van der Waals surface area contributed by atoms with Crippen molar-refractivity contribution < 1.29 is 33.4 Å². The van der Waals surface area contributed by atoms with E-state index in [9.17, 15) is 19.2 Å². The Hall–Kier alpha value is -2.95. The molecule has 0 aliphatic heterocycles. The summed E-state index contributed by atoms with van der Waals surface area (Å²) < 4.78 is 15.5. The van der Waals surface area contributed by atoms with Gasteiger partial charge in [0.05, 0.1) is 43.5 Å². The summed E-state index contributed by atoms with van der Waals surface area (Å²) in [4.78, 5) is 57.5. The molecule has 0 saturated heterocycles. The fourth-order valence-electron chi connectivity index (χ4n) is 4.96. The largest absolute Gasteiger partial charge is 0.469 e. The smallest absolute Gasteiger partial charge is 0.339 e. The summed E-state index contributed by atoms with van der Waals surface area (Å²) in [5.74, 6) is -2.00. The van der Waals surface area contributed by atoms with Gasteiger partial charge >= 0.3 is 17.9 Å². The molecule has 2 aliphatic carbocycles. The van der Waals surface area contributed by atoms with Crippen LogP contribution in [0.25, 0.3) is 0 Å². The van der Waals surface area contributed by atoms with Crippen LogP contribution in [0.2, 0.25) is 9.36 Å². The standard InChI is InChI=1S/C28H30Cl2N2O7S/c1-37-22(33)12-21-23(29)24(25(30)40-21)32(15-16-11-17(14-31-13-16)27(35)38-2)26(34)19-9-5-6-10-20(19)28(36)39-18-7-3-4-8-18/h11,13-14,18H,3-10,12,15H2,1-2H3. The van der Waals surface area contributed by atoms with Crippen molar-refractivity contribution in [1.29, 1.82) is 0 Å². The molecule has 0 radical (unpaired) electrons. The van der Waals surface area contributed by atoms with Crippen molar-refractivity contribution in [3.05, 3.63) is 55.0 Å². The Morgan fingerprint density at radius 3 is 2.35 bits per heavy atom. The van der Waals surface area contributed by atoms with Crippen molar-refractivity contribution in [2.24, 2.45) is 0 Å². The van der Waals surface area contributed by atoms with E-state index in [2.05, 4.69) is 4.98 Å². The number of thiophene rings is 1. The molecule has 1 saturated carbocycles. The quantitative estimate of drug-likeness (QED) is 0.258. The van der Waals surface area contributed by atoms with Crippen molar-refractivity contribution in [3.63, 3.8) is 0 Å². The van der Waals surface area contributed by atoms with E-state index in [0.717, 1.165) is 49.9 Å². The van der Waals surface area contributed by atoms with Gasteiger partial charge in [-0.3, -0.25) is 14.6 Å². The second kappa shape index (κ2) is 13.6. The molecule has 2 heterocycles. The molecule has 2 aromatic rings. The second-order valence-corrected chi connectivity index (χ2v) is 11.7. The van der Waals surface area contributed by atoms with Crippen molar-refractivity contribution in [2.75, 3.05) is 19.1 Å². The van der Waals surface area contributed by atoms with Gasteiger partial charge in [-0.25, -0.2) is 9.59 Å². The van der Waals surface area contributed by atoms with E-state index in [-0.39, 0.29) is 39.7 Å². The monoisotopic (exact) mass is 608 g/mol. The number of esters is 3. The average molecular weight is 610 g/mol. The molecule has 0 spiro atoms. The van der Waals surface area contributed by atoms with Crippen molar-refractivity contribution in [1.82, 2.24) is 4.98 Å². The highest BCUT2D eigenvalue weighted by Crippen LogP contribution is 2.45. The number of pyridine rings is 1. The summed E-state index contributed by atoms with van der Waals surface area (Å²) in [5.41, 5.74) is 1.64. The number of carbonyl (C=O) groups excluding carboxylic acids is 4. The van der Waals surface area contributed by atoms with Gasteiger partial charge in [-0.2, -0.15) is 0 Å². The fourth-order valence-corrected chi connectivity index (χ4v) is 6.82. The van der Waals surface area contributed by atoms with Crippen LogP contribution >= 0.6 is 34.5 Å². The van der Waals surface area contributed by atoms with Crippen molar-refractivity contribution in [2.45, 2.75) is 70.4 Å². The van der Waals surface area contributed by atoms with Gasteiger partial charge in [0, 0.05) is 28.4 Å². The zero-order chi connectivity index (χ0) is 28.8. The predicted octanol–water partition coefficient (Wildman–Crippen LogP) is 5.84. The lowest BCUT2D eigenvalue weighted by Gasteiger charge is -2.27. The number of hydrogen-bond donors (Lipinski definition) is 0. The number of amides is 1. The lowest BCUT2D eigenvalue weighted by atomic mass is 9.90. The molecule has 1 fully saturated rings. The van der Waals surface area contributed by atoms with E-state index in [1.807, 2.05) is 0 Å². The Labute approximate surface area is 246 Å². The predicted molar refractivity (Wildman–Crippen MR) is 151 cm³/mol. The molecule has 2 aromatic heterocycles. The number of aromatic nitrogens is 1. The number of ether oxygens (including phenoxy) is 3. The van der Waals surface area contributed by atoms with E-state index in [0.29, 0.717) is 34.4 Å². The summed E-state index contributed by atoms with van der Waals surface area (Å²) in [6, 6.07) is 1.56. The van der Waals surface area contributed by atoms with Crippen LogP contribution < -0.4 is 4.90 Å². The molecule has 2 aliphatic rings. The van der Waals surface area contributed by atoms with Gasteiger partial charge in [0.2, 0.25) is 0 Å². The van der Waals surface area contributed by atoms with Crippen LogP contribution in [0.5, 0.6) is 0 Å². The van der Waals surface area contributed by atoms with E-state index in [4.69, 9.17) is 37.4 Å². The fraction of sp³-hybridized carbons (Fsp3) is 0.464. The Morgan fingerprint density at radius 1 is 0.975 bits per heavy atom. The molecule has 0 atom stereocenters. The molecule has 214 valence electrons. The van der Waals surface area contributed by atoms with Crippen molar-refractivity contribution in [3.8, 4) is 0 Å². The van der Waals surface area contributed by atoms with Gasteiger partial charge in [0.25, 0.3) is 5.91 Å². The van der Waals surface area contributed by atoms with Crippen LogP contribution in [0.1, 0.15) is 72.2 Å². The Bertz CT molecular complexity index is 1330. The third-order valence-electron chi connectivity index (χ3n) is 7.00. The normalized spacial score (nSPS) is 15.6. The first kappa shape index (κ1) is 30.0. The maximum Gasteiger partial charge on any atom is 0.339 e. The highest BCUT2D eigenvalue weighted by molar-refractivity contribution is 7.17. The third-order valence-corrected chi connectivity index (χ3v) is 8.90. The van der Waals surface area contributed by atoms with Gasteiger partial charge in [-0.05, 0) is 63.0 Å². The lowest BCUT2D eigenvalue weighted by molar-refractivity contribution is -0.144. The molecule has 4 rings (SSSR count). The average Bonchev–Trinajstić information content (AvgIpc) is 3.57. The van der Waals surface area contributed by atoms with Crippen LogP contribution in [0.15, 0.2) is 29.6 Å². The van der Waals surface area contributed by atoms with E-state index < -0.39 is 23.8 Å². The number of rotatable bonds is 9. The molecule has 1 amide bonds. The Balaban J connectivity index is 1.76. The van der Waals surface area contributed by atoms with Gasteiger partial charge in [-0.15, -0.1) is 11.3 Å². The van der Waals surface area contributed by atoms with Gasteiger partial charge in [-0.1, -0.05) is 23.2 Å². The van der Waals surface area contributed by atoms with E-state index >= 15 is 0 Å². The number of carbonyl (C=O) groups is 4. The molecule has 12 heteroatoms. The first-order valence-electron chi connectivity index (χ1n) is 13.0. The molecular formula is C28H30Cl2N2O7S. The molecule has 0 aromatic carbocycles. The molecule has 0 unspecified atom stereocenters. The number of anilines is 1. The van der Waals surface area contributed by atoms with Gasteiger partial charge < -0.3 is 19.1 Å². The number of nitrogens with zero attached hydrogens (tertiary/aromatic N) is 2. The molecule has 0 N–H and O–H groups in total. The number of methoxy groups -OCH3 is 2. The Kier molecular flexibility index (Phi) is 10.2. The van der Waals surface area contributed by atoms with Gasteiger partial charge in [0.1, 0.15) is 10.4 Å². The summed E-state index contributed by atoms with van der Waals surface area (Å²) in [5, 5.41) is 0.136. The van der Waals surface area contributed by atoms with Gasteiger partial charge in [0.15, 0.2) is 0 Å². The third kappa shape index (κ3) is 6.85. The van der Waals surface area contributed by atoms with Crippen molar-refractivity contribution >= 4 is 64.0 Å². The second-order valence-electron chi connectivity index (χ2n) is 9.66. The molecule has 40 heavy (non-hydrogen) atoms. The molecule has 0 bridgehead atoms. The SMILES string of the molecule is COC(=O)Cc1sc(Cl)c(N(Cc2cncc(C(=O)OC)c2)C(=O)C2=C(C(=O)OC3CCCC3)CCCC2)c1Cl. The first-order valence-corrected chi connectivity index (χ1v) is 14.6. The minimum atomic E-state index is -0.578. The minimum absolute atomic E-state index is 0.0566. The van der Waals surface area contributed by atoms with Crippen LogP contribution in [0.4, 0.5) is 5.69 Å². The number of hydrogen-bond acceptors (Lipinski definition) is 9. The summed E-state index contributed by atoms with van der Waals surface area (Å²) >= 11 is 14.4. The van der Waals surface area contributed by atoms with Crippen LogP contribution in [0, 0.1) is 0 Å². The number of halogens is 2. The lowest BCUT2D eigenvalue weighted by Crippen LogP contribution is -2.34. The zero-order valence-corrected chi connectivity index (χ0v) is 24.6. The molecule has 9 nitrogen and oxygen atoms in total. The summed E-state index contributed by atoms with van der Waals surface area (Å²) in [7, 11) is 2.53. The van der Waals surface area contributed by atoms with Crippen LogP contribution in [-0.4, -0.2) is 49.1 Å².